The highest BCUT2D eigenvalue weighted by Crippen LogP contribution is 2.37. The van der Waals surface area contributed by atoms with Gasteiger partial charge in [-0.25, -0.2) is 0 Å². The van der Waals surface area contributed by atoms with Gasteiger partial charge < -0.3 is 0 Å². The monoisotopic (exact) mass is 312 g/mol. The molecule has 0 saturated heterocycles. The van der Waals surface area contributed by atoms with Crippen molar-refractivity contribution < 1.29 is 4.79 Å². The number of hydrogen-bond donors (Lipinski definition) is 0. The molecule has 0 N–H and O–H groups in total. The van der Waals surface area contributed by atoms with Crippen molar-refractivity contribution in [1.82, 2.24) is 0 Å². The number of hydrogen-bond acceptors (Lipinski definition) is 1. The van der Waals surface area contributed by atoms with Gasteiger partial charge in [0.25, 0.3) is 0 Å². The zero-order valence-corrected chi connectivity index (χ0v) is 13.9. The van der Waals surface area contributed by atoms with Crippen LogP contribution >= 0.6 is 0 Å². The summed E-state index contributed by atoms with van der Waals surface area (Å²) in [4.78, 5) is 12.3. The molecule has 0 fully saturated rings. The summed E-state index contributed by atoms with van der Waals surface area (Å²) in [6, 6.07) is 23.2. The quantitative estimate of drug-likeness (QED) is 0.634. The van der Waals surface area contributed by atoms with Crippen LogP contribution in [0.1, 0.15) is 39.0 Å². The molecule has 1 nitrogen and oxygen atoms in total. The van der Waals surface area contributed by atoms with E-state index in [0.717, 1.165) is 18.4 Å². The maximum absolute atomic E-state index is 12.3. The molecule has 0 aliphatic heterocycles. The van der Waals surface area contributed by atoms with Crippen molar-refractivity contribution in [3.05, 3.63) is 94.5 Å². The van der Waals surface area contributed by atoms with Crippen molar-refractivity contribution in [3.8, 4) is 11.1 Å². The standard InChI is InChI=1S/C23H20O/c1-16-14-20-19(12-13-22(20)24)21(15-17-8-4-2-5-9-17)23(16)18-10-6-3-7-11-18/h2-11,14H,12-13,15H2,1H3. The SMILES string of the molecule is Cc1cc2c(c(Cc3ccccc3)c1-c1ccccc1)CCC2=O. The van der Waals surface area contributed by atoms with E-state index >= 15 is 0 Å². The molecular formula is C23H20O. The summed E-state index contributed by atoms with van der Waals surface area (Å²) >= 11 is 0. The summed E-state index contributed by atoms with van der Waals surface area (Å²) in [5, 5.41) is 0. The average Bonchev–Trinajstić information content (AvgIpc) is 2.98. The Morgan fingerprint density at radius 1 is 0.875 bits per heavy atom. The Morgan fingerprint density at radius 2 is 1.54 bits per heavy atom. The Morgan fingerprint density at radius 3 is 2.25 bits per heavy atom. The van der Waals surface area contributed by atoms with Gasteiger partial charge in [-0.1, -0.05) is 60.7 Å². The number of aryl methyl sites for hydroxylation is 1. The Kier molecular flexibility index (Phi) is 3.78. The minimum absolute atomic E-state index is 0.294. The Balaban J connectivity index is 1.94. The molecule has 0 radical (unpaired) electrons. The lowest BCUT2D eigenvalue weighted by Crippen LogP contribution is -2.03. The van der Waals surface area contributed by atoms with E-state index in [1.807, 2.05) is 12.1 Å². The molecule has 0 saturated carbocycles. The van der Waals surface area contributed by atoms with E-state index in [1.54, 1.807) is 0 Å². The highest BCUT2D eigenvalue weighted by atomic mass is 16.1. The largest absolute Gasteiger partial charge is 0.294 e. The average molecular weight is 312 g/mol. The second-order valence-corrected chi connectivity index (χ2v) is 6.52. The van der Waals surface area contributed by atoms with Gasteiger partial charge in [0.2, 0.25) is 0 Å². The molecule has 0 heterocycles. The second-order valence-electron chi connectivity index (χ2n) is 6.52. The third kappa shape index (κ3) is 2.56. The van der Waals surface area contributed by atoms with E-state index in [4.69, 9.17) is 0 Å². The maximum atomic E-state index is 12.3. The van der Waals surface area contributed by atoms with Gasteiger partial charge >= 0.3 is 0 Å². The fraction of sp³-hybridized carbons (Fsp3) is 0.174. The predicted octanol–water partition coefficient (Wildman–Crippen LogP) is 5.38. The summed E-state index contributed by atoms with van der Waals surface area (Å²) < 4.78 is 0. The first-order valence-electron chi connectivity index (χ1n) is 8.52. The van der Waals surface area contributed by atoms with E-state index < -0.39 is 0 Å². The van der Waals surface area contributed by atoms with Gasteiger partial charge in [-0.3, -0.25) is 4.79 Å². The topological polar surface area (TPSA) is 17.1 Å². The first-order valence-corrected chi connectivity index (χ1v) is 8.52. The number of ketones is 1. The van der Waals surface area contributed by atoms with Gasteiger partial charge in [-0.05, 0) is 59.2 Å². The lowest BCUT2D eigenvalue weighted by molar-refractivity contribution is 0.0994. The molecule has 0 atom stereocenters. The maximum Gasteiger partial charge on any atom is 0.163 e. The van der Waals surface area contributed by atoms with Crippen molar-refractivity contribution in [3.63, 3.8) is 0 Å². The zero-order valence-electron chi connectivity index (χ0n) is 13.9. The fourth-order valence-corrected chi connectivity index (χ4v) is 3.84. The van der Waals surface area contributed by atoms with Crippen LogP contribution in [0, 0.1) is 6.92 Å². The lowest BCUT2D eigenvalue weighted by atomic mass is 9.86. The second kappa shape index (κ2) is 6.09. The number of Topliss-reactive ketones (excluding diaryl/α,β-unsaturated/α-hetero) is 1. The predicted molar refractivity (Wildman–Crippen MR) is 98.5 cm³/mol. The van der Waals surface area contributed by atoms with E-state index in [-0.39, 0.29) is 0 Å². The normalized spacial score (nSPS) is 13.1. The van der Waals surface area contributed by atoms with Crippen LogP contribution in [0.2, 0.25) is 0 Å². The minimum Gasteiger partial charge on any atom is -0.294 e. The molecule has 0 spiro atoms. The summed E-state index contributed by atoms with van der Waals surface area (Å²) in [5.41, 5.74) is 8.55. The molecule has 1 aliphatic carbocycles. The van der Waals surface area contributed by atoms with Crippen LogP contribution in [0.25, 0.3) is 11.1 Å². The highest BCUT2D eigenvalue weighted by Gasteiger charge is 2.26. The van der Waals surface area contributed by atoms with E-state index in [9.17, 15) is 4.79 Å². The van der Waals surface area contributed by atoms with Crippen molar-refractivity contribution in [2.24, 2.45) is 0 Å². The van der Waals surface area contributed by atoms with Crippen molar-refractivity contribution in [1.29, 1.82) is 0 Å². The molecule has 0 amide bonds. The van der Waals surface area contributed by atoms with Crippen molar-refractivity contribution in [2.45, 2.75) is 26.2 Å². The third-order valence-electron chi connectivity index (χ3n) is 4.94. The summed E-state index contributed by atoms with van der Waals surface area (Å²) in [7, 11) is 0. The molecule has 3 aromatic rings. The molecule has 1 aliphatic rings. The van der Waals surface area contributed by atoms with Crippen LogP contribution in [0.4, 0.5) is 0 Å². The highest BCUT2D eigenvalue weighted by molar-refractivity contribution is 6.02. The van der Waals surface area contributed by atoms with Gasteiger partial charge in [0.1, 0.15) is 0 Å². The molecular weight excluding hydrogens is 292 g/mol. The van der Waals surface area contributed by atoms with E-state index in [0.29, 0.717) is 12.2 Å². The third-order valence-corrected chi connectivity index (χ3v) is 4.94. The number of carbonyl (C=O) groups excluding carboxylic acids is 1. The van der Waals surface area contributed by atoms with Gasteiger partial charge in [-0.2, -0.15) is 0 Å². The van der Waals surface area contributed by atoms with Crippen LogP contribution in [0.5, 0.6) is 0 Å². The Labute approximate surface area is 143 Å². The van der Waals surface area contributed by atoms with Gasteiger partial charge in [0, 0.05) is 12.0 Å². The summed E-state index contributed by atoms with van der Waals surface area (Å²) in [6.45, 7) is 2.13. The van der Waals surface area contributed by atoms with E-state index in [1.165, 1.54) is 33.4 Å². The van der Waals surface area contributed by atoms with Crippen LogP contribution in [0.3, 0.4) is 0 Å². The number of rotatable bonds is 3. The molecule has 0 unspecified atom stereocenters. The van der Waals surface area contributed by atoms with E-state index in [2.05, 4.69) is 61.5 Å². The number of benzene rings is 3. The zero-order chi connectivity index (χ0) is 16.5. The molecule has 3 aromatic carbocycles. The van der Waals surface area contributed by atoms with Crippen LogP contribution in [-0.4, -0.2) is 5.78 Å². The molecule has 0 bridgehead atoms. The minimum atomic E-state index is 0.294. The number of fused-ring (bicyclic) bond motifs is 1. The fourth-order valence-electron chi connectivity index (χ4n) is 3.84. The Hall–Kier alpha value is -2.67. The first-order chi connectivity index (χ1) is 11.7. The van der Waals surface area contributed by atoms with Gasteiger partial charge in [0.15, 0.2) is 5.78 Å². The smallest absolute Gasteiger partial charge is 0.163 e. The van der Waals surface area contributed by atoms with Crippen molar-refractivity contribution in [2.75, 3.05) is 0 Å². The van der Waals surface area contributed by atoms with Gasteiger partial charge in [-0.15, -0.1) is 0 Å². The Bertz CT molecular complexity index is 892. The van der Waals surface area contributed by atoms with Crippen LogP contribution in [0.15, 0.2) is 66.7 Å². The number of carbonyl (C=O) groups is 1. The molecule has 118 valence electrons. The lowest BCUT2D eigenvalue weighted by Gasteiger charge is -2.18. The molecule has 1 heteroatoms. The van der Waals surface area contributed by atoms with Gasteiger partial charge in [0.05, 0.1) is 0 Å². The summed E-state index contributed by atoms with van der Waals surface area (Å²) in [5.74, 6) is 0.294. The van der Waals surface area contributed by atoms with Crippen LogP contribution < -0.4 is 0 Å². The summed E-state index contributed by atoms with van der Waals surface area (Å²) in [6.07, 6.45) is 2.40. The molecule has 4 rings (SSSR count). The molecule has 0 aromatic heterocycles. The first kappa shape index (κ1) is 14.9. The van der Waals surface area contributed by atoms with Crippen molar-refractivity contribution >= 4 is 5.78 Å². The molecule has 24 heavy (non-hydrogen) atoms. The van der Waals surface area contributed by atoms with Crippen LogP contribution in [-0.2, 0) is 12.8 Å².